The quantitative estimate of drug-likeness (QED) is 0.887. The highest BCUT2D eigenvalue weighted by Gasteiger charge is 2.18. The summed E-state index contributed by atoms with van der Waals surface area (Å²) in [7, 11) is 2.02. The molecule has 2 aromatic rings. The second-order valence-electron chi connectivity index (χ2n) is 5.94. The molecule has 0 saturated heterocycles. The SMILES string of the molecule is CNC(Cc1ccccn1)Cc1ccn(C2CCCC2)n1. The first kappa shape index (κ1) is 14.3. The maximum absolute atomic E-state index is 4.78. The standard InChI is InChI=1S/C17H24N4/c1-18-16(12-14-6-4-5-10-19-14)13-15-9-11-21(20-15)17-7-2-3-8-17/h4-6,9-11,16-18H,2-3,7-8,12-13H2,1H3. The molecule has 1 aliphatic rings. The van der Waals surface area contributed by atoms with Crippen molar-refractivity contribution >= 4 is 0 Å². The van der Waals surface area contributed by atoms with Crippen molar-refractivity contribution in [2.24, 2.45) is 0 Å². The first-order valence-electron chi connectivity index (χ1n) is 7.96. The van der Waals surface area contributed by atoms with Gasteiger partial charge in [-0.3, -0.25) is 9.67 Å². The van der Waals surface area contributed by atoms with Crippen LogP contribution in [0.1, 0.15) is 43.1 Å². The van der Waals surface area contributed by atoms with Gasteiger partial charge in [-0.1, -0.05) is 18.9 Å². The molecule has 3 rings (SSSR count). The number of likely N-dealkylation sites (N-methyl/N-ethyl adjacent to an activating group) is 1. The Hall–Kier alpha value is -1.68. The fourth-order valence-electron chi connectivity index (χ4n) is 3.16. The number of hydrogen-bond donors (Lipinski definition) is 1. The summed E-state index contributed by atoms with van der Waals surface area (Å²) in [5.74, 6) is 0. The molecule has 0 aliphatic heterocycles. The second kappa shape index (κ2) is 6.85. The lowest BCUT2D eigenvalue weighted by Gasteiger charge is -2.14. The van der Waals surface area contributed by atoms with Gasteiger partial charge in [-0.25, -0.2) is 0 Å². The van der Waals surface area contributed by atoms with E-state index in [4.69, 9.17) is 5.10 Å². The van der Waals surface area contributed by atoms with Crippen molar-refractivity contribution in [2.45, 2.75) is 50.6 Å². The third-order valence-electron chi connectivity index (χ3n) is 4.41. The van der Waals surface area contributed by atoms with Gasteiger partial charge >= 0.3 is 0 Å². The highest BCUT2D eigenvalue weighted by atomic mass is 15.3. The molecule has 21 heavy (non-hydrogen) atoms. The Morgan fingerprint density at radius 1 is 1.19 bits per heavy atom. The molecule has 1 unspecified atom stereocenters. The molecule has 0 amide bonds. The summed E-state index contributed by atoms with van der Waals surface area (Å²) in [5.41, 5.74) is 2.31. The van der Waals surface area contributed by atoms with Gasteiger partial charge in [-0.2, -0.15) is 5.10 Å². The van der Waals surface area contributed by atoms with Crippen molar-refractivity contribution in [3.8, 4) is 0 Å². The topological polar surface area (TPSA) is 42.7 Å². The van der Waals surface area contributed by atoms with Crippen molar-refractivity contribution in [2.75, 3.05) is 7.05 Å². The van der Waals surface area contributed by atoms with Gasteiger partial charge in [0.15, 0.2) is 0 Å². The molecule has 2 heterocycles. The van der Waals surface area contributed by atoms with Gasteiger partial charge in [0, 0.05) is 37.0 Å². The minimum absolute atomic E-state index is 0.381. The molecule has 1 fully saturated rings. The van der Waals surface area contributed by atoms with Crippen molar-refractivity contribution in [3.63, 3.8) is 0 Å². The summed E-state index contributed by atoms with van der Waals surface area (Å²) in [5, 5.41) is 8.17. The lowest BCUT2D eigenvalue weighted by Crippen LogP contribution is -2.30. The van der Waals surface area contributed by atoms with Gasteiger partial charge in [0.2, 0.25) is 0 Å². The predicted octanol–water partition coefficient (Wildman–Crippen LogP) is 2.77. The zero-order valence-electron chi connectivity index (χ0n) is 12.7. The number of aromatic nitrogens is 3. The minimum atomic E-state index is 0.381. The zero-order chi connectivity index (χ0) is 14.5. The van der Waals surface area contributed by atoms with Crippen LogP contribution in [0.4, 0.5) is 0 Å². The molecule has 2 aromatic heterocycles. The third kappa shape index (κ3) is 3.70. The van der Waals surface area contributed by atoms with Gasteiger partial charge in [0.05, 0.1) is 11.7 Å². The lowest BCUT2D eigenvalue weighted by atomic mass is 10.1. The van der Waals surface area contributed by atoms with E-state index in [1.807, 2.05) is 25.4 Å². The largest absolute Gasteiger partial charge is 0.316 e. The second-order valence-corrected chi connectivity index (χ2v) is 5.94. The molecule has 1 saturated carbocycles. The molecule has 0 bridgehead atoms. The normalized spacial score (nSPS) is 17.2. The molecule has 0 aromatic carbocycles. The molecule has 1 N–H and O–H groups in total. The average molecular weight is 284 g/mol. The molecule has 1 aliphatic carbocycles. The van der Waals surface area contributed by atoms with Crippen molar-refractivity contribution in [1.29, 1.82) is 0 Å². The Labute approximate surface area is 126 Å². The smallest absolute Gasteiger partial charge is 0.0640 e. The Morgan fingerprint density at radius 2 is 2.00 bits per heavy atom. The van der Waals surface area contributed by atoms with Crippen LogP contribution in [0.3, 0.4) is 0 Å². The maximum atomic E-state index is 4.78. The van der Waals surface area contributed by atoms with E-state index in [0.717, 1.165) is 18.5 Å². The lowest BCUT2D eigenvalue weighted by molar-refractivity contribution is 0.457. The Bertz CT molecular complexity index is 543. The molecule has 4 nitrogen and oxygen atoms in total. The first-order chi connectivity index (χ1) is 10.3. The van der Waals surface area contributed by atoms with Crippen LogP contribution in [0.25, 0.3) is 0 Å². The van der Waals surface area contributed by atoms with Crippen LogP contribution < -0.4 is 5.32 Å². The summed E-state index contributed by atoms with van der Waals surface area (Å²) >= 11 is 0. The monoisotopic (exact) mass is 284 g/mol. The van der Waals surface area contributed by atoms with Crippen LogP contribution in [0, 0.1) is 0 Å². The molecule has 0 radical (unpaired) electrons. The number of rotatable bonds is 6. The summed E-state index contributed by atoms with van der Waals surface area (Å²) < 4.78 is 2.18. The number of nitrogens with zero attached hydrogens (tertiary/aromatic N) is 3. The van der Waals surface area contributed by atoms with Crippen LogP contribution in [0.5, 0.6) is 0 Å². The molecular formula is C17H24N4. The van der Waals surface area contributed by atoms with E-state index in [0.29, 0.717) is 12.1 Å². The predicted molar refractivity (Wildman–Crippen MR) is 84.2 cm³/mol. The van der Waals surface area contributed by atoms with E-state index in [-0.39, 0.29) is 0 Å². The Balaban J connectivity index is 1.61. The third-order valence-corrected chi connectivity index (χ3v) is 4.41. The van der Waals surface area contributed by atoms with Gasteiger partial charge in [-0.15, -0.1) is 0 Å². The van der Waals surface area contributed by atoms with Crippen molar-refractivity contribution < 1.29 is 0 Å². The van der Waals surface area contributed by atoms with E-state index in [1.54, 1.807) is 0 Å². The highest BCUT2D eigenvalue weighted by molar-refractivity contribution is 5.08. The molecular weight excluding hydrogens is 260 g/mol. The zero-order valence-corrected chi connectivity index (χ0v) is 12.7. The molecule has 4 heteroatoms. The van der Waals surface area contributed by atoms with E-state index >= 15 is 0 Å². The van der Waals surface area contributed by atoms with Gasteiger partial charge in [0.1, 0.15) is 0 Å². The minimum Gasteiger partial charge on any atom is -0.316 e. The highest BCUT2D eigenvalue weighted by Crippen LogP contribution is 2.28. The number of hydrogen-bond acceptors (Lipinski definition) is 3. The van der Waals surface area contributed by atoms with E-state index in [9.17, 15) is 0 Å². The van der Waals surface area contributed by atoms with E-state index in [2.05, 4.69) is 33.3 Å². The van der Waals surface area contributed by atoms with Crippen LogP contribution in [0.15, 0.2) is 36.7 Å². The fraction of sp³-hybridized carbons (Fsp3) is 0.529. The van der Waals surface area contributed by atoms with E-state index < -0.39 is 0 Å². The average Bonchev–Trinajstić information content (AvgIpc) is 3.18. The summed E-state index contributed by atoms with van der Waals surface area (Å²) in [6.07, 6.45) is 11.2. The summed E-state index contributed by atoms with van der Waals surface area (Å²) in [6, 6.07) is 9.27. The van der Waals surface area contributed by atoms with Crippen LogP contribution in [-0.4, -0.2) is 27.9 Å². The Kier molecular flexibility index (Phi) is 4.65. The summed E-state index contributed by atoms with van der Waals surface area (Å²) in [6.45, 7) is 0. The van der Waals surface area contributed by atoms with Crippen LogP contribution >= 0.6 is 0 Å². The van der Waals surface area contributed by atoms with E-state index in [1.165, 1.54) is 31.4 Å². The van der Waals surface area contributed by atoms with Crippen LogP contribution in [-0.2, 0) is 12.8 Å². The molecule has 0 spiro atoms. The molecule has 1 atom stereocenters. The number of pyridine rings is 1. The first-order valence-corrected chi connectivity index (χ1v) is 7.96. The van der Waals surface area contributed by atoms with Crippen molar-refractivity contribution in [3.05, 3.63) is 48.0 Å². The van der Waals surface area contributed by atoms with Gasteiger partial charge in [0.25, 0.3) is 0 Å². The van der Waals surface area contributed by atoms with Gasteiger partial charge < -0.3 is 5.32 Å². The van der Waals surface area contributed by atoms with Crippen LogP contribution in [0.2, 0.25) is 0 Å². The Morgan fingerprint density at radius 3 is 2.71 bits per heavy atom. The maximum Gasteiger partial charge on any atom is 0.0640 e. The van der Waals surface area contributed by atoms with Crippen molar-refractivity contribution in [1.82, 2.24) is 20.1 Å². The molecule has 112 valence electrons. The fourth-order valence-corrected chi connectivity index (χ4v) is 3.16. The van der Waals surface area contributed by atoms with Gasteiger partial charge in [-0.05, 0) is 38.1 Å². The summed E-state index contributed by atoms with van der Waals surface area (Å²) in [4.78, 5) is 4.41. The number of nitrogens with one attached hydrogen (secondary N) is 1.